The van der Waals surface area contributed by atoms with E-state index in [1.165, 1.54) is 14.0 Å². The minimum absolute atomic E-state index is 0.136. The maximum atomic E-state index is 12.1. The molecule has 1 aliphatic rings. The topological polar surface area (TPSA) is 63.6 Å². The van der Waals surface area contributed by atoms with Gasteiger partial charge in [0.25, 0.3) is 0 Å². The summed E-state index contributed by atoms with van der Waals surface area (Å²) >= 11 is 0. The molecule has 0 bridgehead atoms. The van der Waals surface area contributed by atoms with Crippen molar-refractivity contribution in [1.29, 1.82) is 0 Å². The number of rotatable bonds is 2. The normalized spacial score (nSPS) is 20.2. The molecule has 0 heterocycles. The number of aliphatic hydroxyl groups is 1. The van der Waals surface area contributed by atoms with Crippen molar-refractivity contribution in [2.75, 3.05) is 7.11 Å². The summed E-state index contributed by atoms with van der Waals surface area (Å²) in [6, 6.07) is 0. The monoisotopic (exact) mass is 224 g/mol. The molecule has 0 unspecified atom stereocenters. The van der Waals surface area contributed by atoms with E-state index in [-0.39, 0.29) is 11.3 Å². The van der Waals surface area contributed by atoms with E-state index in [9.17, 15) is 14.7 Å². The summed E-state index contributed by atoms with van der Waals surface area (Å²) in [7, 11) is 1.44. The van der Waals surface area contributed by atoms with Gasteiger partial charge < -0.3 is 9.84 Å². The zero-order valence-corrected chi connectivity index (χ0v) is 10.2. The lowest BCUT2D eigenvalue weighted by Crippen LogP contribution is -2.36. The summed E-state index contributed by atoms with van der Waals surface area (Å²) in [5.41, 5.74) is -0.605. The number of ether oxygens (including phenoxy) is 1. The first-order chi connectivity index (χ1) is 7.25. The van der Waals surface area contributed by atoms with Crippen molar-refractivity contribution in [2.24, 2.45) is 5.41 Å². The first kappa shape index (κ1) is 12.5. The molecule has 0 saturated heterocycles. The van der Waals surface area contributed by atoms with Crippen LogP contribution in [0.1, 0.15) is 27.7 Å². The molecule has 0 atom stereocenters. The van der Waals surface area contributed by atoms with Crippen LogP contribution in [0, 0.1) is 5.41 Å². The summed E-state index contributed by atoms with van der Waals surface area (Å²) in [6.07, 6.45) is 0. The van der Waals surface area contributed by atoms with Crippen LogP contribution in [-0.4, -0.2) is 23.8 Å². The molecule has 88 valence electrons. The van der Waals surface area contributed by atoms with Gasteiger partial charge in [0, 0.05) is 5.57 Å². The molecule has 0 aromatic heterocycles. The quantitative estimate of drug-likeness (QED) is 0.728. The van der Waals surface area contributed by atoms with Crippen molar-refractivity contribution in [3.8, 4) is 0 Å². The van der Waals surface area contributed by atoms with Gasteiger partial charge >= 0.3 is 0 Å². The van der Waals surface area contributed by atoms with Crippen molar-refractivity contribution >= 4 is 11.6 Å². The van der Waals surface area contributed by atoms with Crippen LogP contribution in [0.25, 0.3) is 0 Å². The van der Waals surface area contributed by atoms with Gasteiger partial charge in [-0.3, -0.25) is 9.59 Å². The average molecular weight is 224 g/mol. The molecule has 0 aromatic rings. The van der Waals surface area contributed by atoms with Crippen molar-refractivity contribution in [3.63, 3.8) is 0 Å². The lowest BCUT2D eigenvalue weighted by Gasteiger charge is -2.31. The van der Waals surface area contributed by atoms with Gasteiger partial charge in [-0.25, -0.2) is 0 Å². The largest absolute Gasteiger partial charge is 0.507 e. The minimum atomic E-state index is -0.911. The van der Waals surface area contributed by atoms with Crippen LogP contribution in [0.3, 0.4) is 0 Å². The zero-order chi connectivity index (χ0) is 12.7. The second-order valence-electron chi connectivity index (χ2n) is 4.39. The first-order valence-electron chi connectivity index (χ1n) is 4.99. The fraction of sp³-hybridized carbons (Fsp3) is 0.500. The lowest BCUT2D eigenvalue weighted by atomic mass is 9.75. The Balaban J connectivity index is 3.55. The molecular weight excluding hydrogens is 208 g/mol. The van der Waals surface area contributed by atoms with E-state index in [0.29, 0.717) is 11.3 Å². The Morgan fingerprint density at radius 1 is 1.38 bits per heavy atom. The number of ketones is 2. The van der Waals surface area contributed by atoms with E-state index < -0.39 is 17.0 Å². The number of allylic oxidation sites excluding steroid dienone is 3. The highest BCUT2D eigenvalue weighted by molar-refractivity contribution is 6.23. The Morgan fingerprint density at radius 2 is 1.88 bits per heavy atom. The smallest absolute Gasteiger partial charge is 0.183 e. The van der Waals surface area contributed by atoms with Crippen molar-refractivity contribution < 1.29 is 19.4 Å². The molecule has 0 aliphatic heterocycles. The maximum absolute atomic E-state index is 12.1. The molecular formula is C12H16O4. The van der Waals surface area contributed by atoms with E-state index in [0.717, 1.165) is 0 Å². The first-order valence-corrected chi connectivity index (χ1v) is 4.99. The SMILES string of the molecule is COC1=C(C)C(O)=C(C(C)=O)C(=O)C1(C)C. The van der Waals surface area contributed by atoms with Gasteiger partial charge in [0.05, 0.1) is 12.5 Å². The van der Waals surface area contributed by atoms with E-state index in [2.05, 4.69) is 0 Å². The van der Waals surface area contributed by atoms with Crippen LogP contribution < -0.4 is 0 Å². The number of Topliss-reactive ketones (excluding diaryl/α,β-unsaturated/α-hetero) is 2. The summed E-state index contributed by atoms with van der Waals surface area (Å²) < 4.78 is 5.14. The highest BCUT2D eigenvalue weighted by atomic mass is 16.5. The van der Waals surface area contributed by atoms with Crippen LogP contribution >= 0.6 is 0 Å². The predicted molar refractivity (Wildman–Crippen MR) is 58.8 cm³/mol. The van der Waals surface area contributed by atoms with Crippen molar-refractivity contribution in [3.05, 3.63) is 22.7 Å². The molecule has 1 rings (SSSR count). The Labute approximate surface area is 94.6 Å². The number of hydrogen-bond acceptors (Lipinski definition) is 4. The Morgan fingerprint density at radius 3 is 2.25 bits per heavy atom. The Bertz CT molecular complexity index is 424. The van der Waals surface area contributed by atoms with E-state index in [1.54, 1.807) is 20.8 Å². The number of carbonyl (C=O) groups excluding carboxylic acids is 2. The van der Waals surface area contributed by atoms with Crippen LogP contribution in [0.5, 0.6) is 0 Å². The van der Waals surface area contributed by atoms with E-state index in [1.807, 2.05) is 0 Å². The molecule has 1 aliphatic carbocycles. The third-order valence-electron chi connectivity index (χ3n) is 2.85. The predicted octanol–water partition coefficient (Wildman–Crippen LogP) is 1.92. The fourth-order valence-electron chi connectivity index (χ4n) is 2.02. The van der Waals surface area contributed by atoms with Gasteiger partial charge in [-0.2, -0.15) is 0 Å². The molecule has 16 heavy (non-hydrogen) atoms. The Kier molecular flexibility index (Phi) is 2.95. The Hall–Kier alpha value is -1.58. The van der Waals surface area contributed by atoms with Crippen LogP contribution in [0.2, 0.25) is 0 Å². The van der Waals surface area contributed by atoms with Crippen molar-refractivity contribution in [2.45, 2.75) is 27.7 Å². The number of methoxy groups -OCH3 is 1. The number of aliphatic hydroxyl groups excluding tert-OH is 1. The van der Waals surface area contributed by atoms with Gasteiger partial charge in [-0.05, 0) is 27.7 Å². The standard InChI is InChI=1S/C12H16O4/c1-6-9(14)8(7(2)13)10(15)12(3,4)11(6)16-5/h14H,1-5H3. The highest BCUT2D eigenvalue weighted by Gasteiger charge is 2.43. The van der Waals surface area contributed by atoms with Gasteiger partial charge in [0.15, 0.2) is 11.6 Å². The van der Waals surface area contributed by atoms with Crippen molar-refractivity contribution in [1.82, 2.24) is 0 Å². The average Bonchev–Trinajstić information content (AvgIpc) is 2.15. The molecule has 4 heteroatoms. The molecule has 4 nitrogen and oxygen atoms in total. The fourth-order valence-corrected chi connectivity index (χ4v) is 2.02. The summed E-state index contributed by atoms with van der Waals surface area (Å²) in [5.74, 6) is -0.696. The van der Waals surface area contributed by atoms with Gasteiger partial charge in [0.1, 0.15) is 17.1 Å². The van der Waals surface area contributed by atoms with E-state index in [4.69, 9.17) is 4.74 Å². The molecule has 0 saturated carbocycles. The molecule has 0 aromatic carbocycles. The minimum Gasteiger partial charge on any atom is -0.507 e. The summed E-state index contributed by atoms with van der Waals surface area (Å²) in [6.45, 7) is 6.25. The third kappa shape index (κ3) is 1.54. The van der Waals surface area contributed by atoms with E-state index >= 15 is 0 Å². The third-order valence-corrected chi connectivity index (χ3v) is 2.85. The molecule has 0 radical (unpaired) electrons. The molecule has 1 N–H and O–H groups in total. The second kappa shape index (κ2) is 3.77. The zero-order valence-electron chi connectivity index (χ0n) is 10.2. The van der Waals surface area contributed by atoms with Crippen LogP contribution in [0.15, 0.2) is 22.7 Å². The van der Waals surface area contributed by atoms with Gasteiger partial charge in [-0.1, -0.05) is 0 Å². The molecule has 0 amide bonds. The summed E-state index contributed by atoms with van der Waals surface area (Å²) in [4.78, 5) is 23.4. The number of hydrogen-bond donors (Lipinski definition) is 1. The van der Waals surface area contributed by atoms with Crippen LogP contribution in [0.4, 0.5) is 0 Å². The highest BCUT2D eigenvalue weighted by Crippen LogP contribution is 2.40. The van der Waals surface area contributed by atoms with Crippen LogP contribution in [-0.2, 0) is 14.3 Å². The van der Waals surface area contributed by atoms with Gasteiger partial charge in [-0.15, -0.1) is 0 Å². The van der Waals surface area contributed by atoms with Gasteiger partial charge in [0.2, 0.25) is 0 Å². The molecule has 0 fully saturated rings. The molecule has 0 spiro atoms. The number of carbonyl (C=O) groups is 2. The summed E-state index contributed by atoms with van der Waals surface area (Å²) in [5, 5.41) is 9.81. The lowest BCUT2D eigenvalue weighted by molar-refractivity contribution is -0.126. The second-order valence-corrected chi connectivity index (χ2v) is 4.39. The maximum Gasteiger partial charge on any atom is 0.183 e.